The minimum atomic E-state index is -3.81. The van der Waals surface area contributed by atoms with Gasteiger partial charge in [-0.05, 0) is 42.8 Å². The molecule has 0 amide bonds. The summed E-state index contributed by atoms with van der Waals surface area (Å²) in [5.41, 5.74) is 1.33. The van der Waals surface area contributed by atoms with E-state index in [1.165, 1.54) is 24.6 Å². The standard InChI is InChI=1S/C18H19NO5S/c1-12-10-13(23-2)5-7-18(12)25(21,22)19-9-8-17(20)15-6-4-14(24-3)11-16(15)19/h4-7,10-11H,8-9H2,1-3H3. The van der Waals surface area contributed by atoms with Crippen LogP contribution in [0.25, 0.3) is 0 Å². The molecule has 1 aliphatic heterocycles. The molecule has 0 aliphatic carbocycles. The normalized spacial score (nSPS) is 14.2. The summed E-state index contributed by atoms with van der Waals surface area (Å²) in [4.78, 5) is 12.4. The molecule has 3 rings (SSSR count). The molecule has 0 bridgehead atoms. The van der Waals surface area contributed by atoms with E-state index in [0.717, 1.165) is 0 Å². The van der Waals surface area contributed by atoms with Crippen molar-refractivity contribution >= 4 is 21.5 Å². The van der Waals surface area contributed by atoms with Crippen LogP contribution in [0.5, 0.6) is 11.5 Å². The molecule has 0 fully saturated rings. The monoisotopic (exact) mass is 361 g/mol. The third kappa shape index (κ3) is 2.95. The van der Waals surface area contributed by atoms with Crippen LogP contribution in [-0.2, 0) is 10.0 Å². The summed E-state index contributed by atoms with van der Waals surface area (Å²) in [6, 6.07) is 9.67. The van der Waals surface area contributed by atoms with Gasteiger partial charge < -0.3 is 9.47 Å². The fourth-order valence-corrected chi connectivity index (χ4v) is 4.63. The first kappa shape index (κ1) is 17.3. The van der Waals surface area contributed by atoms with Crippen LogP contribution in [0.1, 0.15) is 22.3 Å². The van der Waals surface area contributed by atoms with Crippen LogP contribution in [0.15, 0.2) is 41.3 Å². The topological polar surface area (TPSA) is 72.9 Å². The Labute approximate surface area is 147 Å². The highest BCUT2D eigenvalue weighted by Crippen LogP contribution is 2.35. The number of sulfonamides is 1. The quantitative estimate of drug-likeness (QED) is 0.837. The lowest BCUT2D eigenvalue weighted by Crippen LogP contribution is -2.37. The number of benzene rings is 2. The van der Waals surface area contributed by atoms with Gasteiger partial charge in [-0.1, -0.05) is 0 Å². The Kier molecular flexibility index (Phi) is 4.43. The maximum atomic E-state index is 13.2. The molecule has 0 saturated heterocycles. The van der Waals surface area contributed by atoms with Gasteiger partial charge in [0.2, 0.25) is 0 Å². The number of fused-ring (bicyclic) bond motifs is 1. The number of hydrogen-bond donors (Lipinski definition) is 0. The van der Waals surface area contributed by atoms with Crippen LogP contribution in [0.4, 0.5) is 5.69 Å². The van der Waals surface area contributed by atoms with Gasteiger partial charge in [0.05, 0.1) is 24.8 Å². The van der Waals surface area contributed by atoms with E-state index in [4.69, 9.17) is 9.47 Å². The van der Waals surface area contributed by atoms with E-state index in [9.17, 15) is 13.2 Å². The lowest BCUT2D eigenvalue weighted by molar-refractivity contribution is 0.0982. The summed E-state index contributed by atoms with van der Waals surface area (Å²) in [5.74, 6) is 1.02. The van der Waals surface area contributed by atoms with Gasteiger partial charge in [-0.3, -0.25) is 9.10 Å². The fourth-order valence-electron chi connectivity index (χ4n) is 2.95. The average Bonchev–Trinajstić information content (AvgIpc) is 2.61. The number of nitrogens with zero attached hydrogens (tertiary/aromatic N) is 1. The number of ether oxygens (including phenoxy) is 2. The van der Waals surface area contributed by atoms with Crippen LogP contribution in [0, 0.1) is 6.92 Å². The summed E-state index contributed by atoms with van der Waals surface area (Å²) in [6.07, 6.45) is 0.147. The van der Waals surface area contributed by atoms with Gasteiger partial charge in [-0.2, -0.15) is 0 Å². The SMILES string of the molecule is COc1ccc(S(=O)(=O)N2CCC(=O)c3ccc(OC)cc32)c(C)c1. The van der Waals surface area contributed by atoms with Gasteiger partial charge in [0, 0.05) is 24.6 Å². The van der Waals surface area contributed by atoms with Crippen LogP contribution in [-0.4, -0.2) is 35.0 Å². The third-order valence-corrected chi connectivity index (χ3v) is 6.24. The molecule has 0 aromatic heterocycles. The van der Waals surface area contributed by atoms with E-state index in [1.54, 1.807) is 37.3 Å². The molecule has 2 aromatic carbocycles. The van der Waals surface area contributed by atoms with Crippen molar-refractivity contribution < 1.29 is 22.7 Å². The zero-order valence-corrected chi connectivity index (χ0v) is 15.1. The smallest absolute Gasteiger partial charge is 0.264 e. The second-order valence-electron chi connectivity index (χ2n) is 5.76. The second-order valence-corrected chi connectivity index (χ2v) is 7.60. The predicted molar refractivity (Wildman–Crippen MR) is 94.2 cm³/mol. The highest BCUT2D eigenvalue weighted by atomic mass is 32.2. The number of anilines is 1. The van der Waals surface area contributed by atoms with Gasteiger partial charge in [0.25, 0.3) is 10.0 Å². The molecule has 25 heavy (non-hydrogen) atoms. The number of rotatable bonds is 4. The first-order valence-electron chi connectivity index (χ1n) is 7.77. The molecule has 0 saturated carbocycles. The van der Waals surface area contributed by atoms with Crippen molar-refractivity contribution in [2.75, 3.05) is 25.1 Å². The van der Waals surface area contributed by atoms with Crippen molar-refractivity contribution in [3.05, 3.63) is 47.5 Å². The number of ketones is 1. The Balaban J connectivity index is 2.13. The van der Waals surface area contributed by atoms with E-state index < -0.39 is 10.0 Å². The van der Waals surface area contributed by atoms with Crippen molar-refractivity contribution in [3.8, 4) is 11.5 Å². The number of carbonyl (C=O) groups is 1. The molecule has 0 N–H and O–H groups in total. The minimum Gasteiger partial charge on any atom is -0.497 e. The van der Waals surface area contributed by atoms with Crippen LogP contribution in [0.2, 0.25) is 0 Å². The summed E-state index contributed by atoms with van der Waals surface area (Å²) < 4.78 is 38.0. The minimum absolute atomic E-state index is 0.0736. The Morgan fingerprint density at radius 3 is 2.28 bits per heavy atom. The number of Topliss-reactive ketones (excluding diaryl/α,β-unsaturated/α-hetero) is 1. The summed E-state index contributed by atoms with van der Waals surface area (Å²) in [7, 11) is -0.781. The van der Waals surface area contributed by atoms with Crippen LogP contribution in [0.3, 0.4) is 0 Å². The first-order valence-corrected chi connectivity index (χ1v) is 9.21. The number of hydrogen-bond acceptors (Lipinski definition) is 5. The van der Waals surface area contributed by atoms with E-state index in [-0.39, 0.29) is 23.6 Å². The molecule has 7 heteroatoms. The predicted octanol–water partition coefficient (Wildman–Crippen LogP) is 2.79. The maximum absolute atomic E-state index is 13.2. The van der Waals surface area contributed by atoms with Gasteiger partial charge in [0.15, 0.2) is 5.78 Å². The third-order valence-electron chi connectivity index (χ3n) is 4.27. The first-order chi connectivity index (χ1) is 11.9. The van der Waals surface area contributed by atoms with E-state index in [0.29, 0.717) is 28.3 Å². The molecule has 6 nitrogen and oxygen atoms in total. The average molecular weight is 361 g/mol. The zero-order valence-electron chi connectivity index (χ0n) is 14.3. The van der Waals surface area contributed by atoms with Gasteiger partial charge in [-0.25, -0.2) is 8.42 Å². The van der Waals surface area contributed by atoms with E-state index >= 15 is 0 Å². The Bertz CT molecular complexity index is 936. The molecule has 0 radical (unpaired) electrons. The molecular formula is C18H19NO5S. The molecular weight excluding hydrogens is 342 g/mol. The van der Waals surface area contributed by atoms with E-state index in [2.05, 4.69) is 0 Å². The molecule has 0 spiro atoms. The lowest BCUT2D eigenvalue weighted by Gasteiger charge is -2.30. The van der Waals surface area contributed by atoms with Crippen LogP contribution < -0.4 is 13.8 Å². The van der Waals surface area contributed by atoms with Crippen molar-refractivity contribution in [2.45, 2.75) is 18.2 Å². The number of methoxy groups -OCH3 is 2. The van der Waals surface area contributed by atoms with E-state index in [1.807, 2.05) is 0 Å². The molecule has 2 aromatic rings. The Hall–Kier alpha value is -2.54. The van der Waals surface area contributed by atoms with Gasteiger partial charge in [-0.15, -0.1) is 0 Å². The fraction of sp³-hybridized carbons (Fsp3) is 0.278. The number of carbonyl (C=O) groups excluding carboxylic acids is 1. The molecule has 0 atom stereocenters. The van der Waals surface area contributed by atoms with Gasteiger partial charge in [0.1, 0.15) is 11.5 Å². The van der Waals surface area contributed by atoms with Crippen molar-refractivity contribution in [1.82, 2.24) is 0 Å². The van der Waals surface area contributed by atoms with Crippen LogP contribution >= 0.6 is 0 Å². The van der Waals surface area contributed by atoms with Crippen molar-refractivity contribution in [1.29, 1.82) is 0 Å². The summed E-state index contributed by atoms with van der Waals surface area (Å²) in [5, 5.41) is 0. The Morgan fingerprint density at radius 2 is 1.64 bits per heavy atom. The summed E-state index contributed by atoms with van der Waals surface area (Å²) >= 11 is 0. The van der Waals surface area contributed by atoms with Crippen molar-refractivity contribution in [2.24, 2.45) is 0 Å². The van der Waals surface area contributed by atoms with Crippen molar-refractivity contribution in [3.63, 3.8) is 0 Å². The molecule has 1 heterocycles. The maximum Gasteiger partial charge on any atom is 0.264 e. The largest absolute Gasteiger partial charge is 0.497 e. The highest BCUT2D eigenvalue weighted by Gasteiger charge is 2.33. The molecule has 132 valence electrons. The summed E-state index contributed by atoms with van der Waals surface area (Å²) in [6.45, 7) is 1.82. The van der Waals surface area contributed by atoms with Gasteiger partial charge >= 0.3 is 0 Å². The zero-order chi connectivity index (χ0) is 18.2. The lowest BCUT2D eigenvalue weighted by atomic mass is 10.0. The molecule has 1 aliphatic rings. The number of aryl methyl sites for hydroxylation is 1. The highest BCUT2D eigenvalue weighted by molar-refractivity contribution is 7.92. The molecule has 0 unspecified atom stereocenters. The second kappa shape index (κ2) is 6.40. The Morgan fingerprint density at radius 1 is 1.00 bits per heavy atom.